The molecular formula is C21H25. The summed E-state index contributed by atoms with van der Waals surface area (Å²) in [4.78, 5) is 0. The van der Waals surface area contributed by atoms with Crippen molar-refractivity contribution in [1.82, 2.24) is 0 Å². The summed E-state index contributed by atoms with van der Waals surface area (Å²) in [5, 5.41) is 2.66. The molecule has 0 aromatic heterocycles. The molecule has 0 heteroatoms. The Bertz CT molecular complexity index is 715. The van der Waals surface area contributed by atoms with Crippen LogP contribution < -0.4 is 10.4 Å². The Balaban J connectivity index is 2.01. The number of allylic oxidation sites excluding steroid dienone is 4. The lowest BCUT2D eigenvalue weighted by Gasteiger charge is -2.33. The van der Waals surface area contributed by atoms with Gasteiger partial charge < -0.3 is 0 Å². The molecule has 21 heavy (non-hydrogen) atoms. The number of hydrogen-bond donors (Lipinski definition) is 0. The first-order valence-corrected chi connectivity index (χ1v) is 8.29. The molecule has 1 unspecified atom stereocenters. The van der Waals surface area contributed by atoms with Gasteiger partial charge in [0.1, 0.15) is 0 Å². The standard InChI is InChI=1S/C21H25/c1-4-5-6-9-12-21(3)15-16(2)13-18-14-17-10-7-8-11-19(17)20(18)21/h7-8,10-11,13,15H,4-6,9,12H2,1-3H3. The van der Waals surface area contributed by atoms with Crippen LogP contribution in [0.5, 0.6) is 0 Å². The van der Waals surface area contributed by atoms with E-state index in [4.69, 9.17) is 0 Å². The van der Waals surface area contributed by atoms with Gasteiger partial charge in [-0.1, -0.05) is 81.5 Å². The smallest absolute Gasteiger partial charge is 0.0122 e. The fourth-order valence-electron chi connectivity index (χ4n) is 3.85. The summed E-state index contributed by atoms with van der Waals surface area (Å²) in [5.74, 6) is 0. The largest absolute Gasteiger partial charge is 0.0712 e. The summed E-state index contributed by atoms with van der Waals surface area (Å²) in [6.45, 7) is 6.91. The maximum Gasteiger partial charge on any atom is 0.0122 e. The molecule has 1 aromatic carbocycles. The molecule has 0 aliphatic heterocycles. The molecule has 1 atom stereocenters. The van der Waals surface area contributed by atoms with Crippen molar-refractivity contribution in [2.75, 3.05) is 0 Å². The summed E-state index contributed by atoms with van der Waals surface area (Å²) >= 11 is 0. The monoisotopic (exact) mass is 277 g/mol. The first kappa shape index (κ1) is 14.4. The normalized spacial score (nSPS) is 23.1. The van der Waals surface area contributed by atoms with Crippen LogP contribution in [-0.2, 0) is 0 Å². The Morgan fingerprint density at radius 1 is 1.10 bits per heavy atom. The highest BCUT2D eigenvalue weighted by molar-refractivity contribution is 5.87. The molecular weight excluding hydrogens is 252 g/mol. The van der Waals surface area contributed by atoms with Crippen LogP contribution in [-0.4, -0.2) is 0 Å². The highest BCUT2D eigenvalue weighted by Crippen LogP contribution is 2.44. The second-order valence-electron chi connectivity index (χ2n) is 6.72. The van der Waals surface area contributed by atoms with Crippen LogP contribution in [0.3, 0.4) is 0 Å². The summed E-state index contributed by atoms with van der Waals surface area (Å²) in [6.07, 6.45) is 14.9. The zero-order valence-corrected chi connectivity index (χ0v) is 13.5. The van der Waals surface area contributed by atoms with E-state index in [-0.39, 0.29) is 5.41 Å². The van der Waals surface area contributed by atoms with Crippen molar-refractivity contribution in [2.24, 2.45) is 5.41 Å². The van der Waals surface area contributed by atoms with Crippen molar-refractivity contribution in [3.63, 3.8) is 0 Å². The number of hydrogen-bond acceptors (Lipinski definition) is 0. The molecule has 2 aliphatic rings. The topological polar surface area (TPSA) is 0 Å². The van der Waals surface area contributed by atoms with E-state index in [0.717, 1.165) is 0 Å². The van der Waals surface area contributed by atoms with E-state index in [1.165, 1.54) is 59.3 Å². The van der Waals surface area contributed by atoms with Gasteiger partial charge in [0.2, 0.25) is 0 Å². The minimum atomic E-state index is 0.168. The molecule has 0 saturated heterocycles. The third-order valence-electron chi connectivity index (χ3n) is 4.77. The maximum absolute atomic E-state index is 3.61. The lowest BCUT2D eigenvalue weighted by atomic mass is 9.71. The van der Waals surface area contributed by atoms with Crippen LogP contribution in [0.1, 0.15) is 52.9 Å². The van der Waals surface area contributed by atoms with Crippen molar-refractivity contribution in [3.05, 3.63) is 58.0 Å². The fraction of sp³-hybridized carbons (Fsp3) is 0.429. The molecule has 0 amide bonds. The van der Waals surface area contributed by atoms with Gasteiger partial charge in [0.25, 0.3) is 0 Å². The minimum Gasteiger partial charge on any atom is -0.0712 e. The van der Waals surface area contributed by atoms with Crippen LogP contribution in [0.2, 0.25) is 0 Å². The van der Waals surface area contributed by atoms with E-state index in [0.29, 0.717) is 0 Å². The van der Waals surface area contributed by atoms with Crippen molar-refractivity contribution >= 4 is 11.6 Å². The molecule has 0 bridgehead atoms. The summed E-state index contributed by atoms with van der Waals surface area (Å²) in [6, 6.07) is 8.72. The van der Waals surface area contributed by atoms with E-state index in [2.05, 4.69) is 63.3 Å². The van der Waals surface area contributed by atoms with E-state index in [1.54, 1.807) is 0 Å². The lowest BCUT2D eigenvalue weighted by molar-refractivity contribution is 0.470. The predicted octanol–water partition coefficient (Wildman–Crippen LogP) is 4.37. The van der Waals surface area contributed by atoms with Gasteiger partial charge in [-0.25, -0.2) is 0 Å². The van der Waals surface area contributed by atoms with Gasteiger partial charge in [-0.05, 0) is 41.0 Å². The van der Waals surface area contributed by atoms with Gasteiger partial charge in [-0.15, -0.1) is 0 Å². The first-order chi connectivity index (χ1) is 10.1. The molecule has 0 heterocycles. The molecule has 1 radical (unpaired) electrons. The molecule has 2 aliphatic carbocycles. The van der Waals surface area contributed by atoms with Gasteiger partial charge in [0.15, 0.2) is 0 Å². The molecule has 0 N–H and O–H groups in total. The third kappa shape index (κ3) is 2.64. The molecule has 0 fully saturated rings. The number of benzene rings is 1. The fourth-order valence-corrected chi connectivity index (χ4v) is 3.85. The number of unbranched alkanes of at least 4 members (excludes halogenated alkanes) is 3. The highest BCUT2D eigenvalue weighted by Gasteiger charge is 2.33. The Morgan fingerprint density at radius 3 is 2.71 bits per heavy atom. The van der Waals surface area contributed by atoms with Crippen molar-refractivity contribution in [2.45, 2.75) is 52.9 Å². The second-order valence-corrected chi connectivity index (χ2v) is 6.72. The van der Waals surface area contributed by atoms with E-state index in [9.17, 15) is 0 Å². The third-order valence-corrected chi connectivity index (χ3v) is 4.77. The first-order valence-electron chi connectivity index (χ1n) is 8.29. The van der Waals surface area contributed by atoms with Gasteiger partial charge in [-0.3, -0.25) is 0 Å². The zero-order chi connectivity index (χ0) is 14.9. The second kappa shape index (κ2) is 5.67. The van der Waals surface area contributed by atoms with Gasteiger partial charge in [0.05, 0.1) is 0 Å². The van der Waals surface area contributed by atoms with Gasteiger partial charge in [0, 0.05) is 5.41 Å². The average Bonchev–Trinajstić information content (AvgIpc) is 2.82. The molecule has 0 saturated carbocycles. The quantitative estimate of drug-likeness (QED) is 0.701. The molecule has 1 aromatic rings. The number of fused-ring (bicyclic) bond motifs is 2. The van der Waals surface area contributed by atoms with Gasteiger partial charge >= 0.3 is 0 Å². The van der Waals surface area contributed by atoms with Crippen LogP contribution in [0.25, 0.3) is 11.6 Å². The number of rotatable bonds is 5. The highest BCUT2D eigenvalue weighted by atomic mass is 14.4. The maximum atomic E-state index is 3.61. The van der Waals surface area contributed by atoms with Crippen molar-refractivity contribution in [3.8, 4) is 0 Å². The summed E-state index contributed by atoms with van der Waals surface area (Å²) in [5.41, 5.74) is 4.36. The van der Waals surface area contributed by atoms with Crippen LogP contribution in [0.15, 0.2) is 47.6 Å². The van der Waals surface area contributed by atoms with E-state index in [1.807, 2.05) is 0 Å². The Kier molecular flexibility index (Phi) is 3.89. The Labute approximate surface area is 128 Å². The van der Waals surface area contributed by atoms with Crippen molar-refractivity contribution < 1.29 is 0 Å². The van der Waals surface area contributed by atoms with Crippen LogP contribution in [0, 0.1) is 5.41 Å². The molecule has 109 valence electrons. The Morgan fingerprint density at radius 2 is 1.90 bits per heavy atom. The minimum absolute atomic E-state index is 0.168. The molecule has 0 nitrogen and oxygen atoms in total. The van der Waals surface area contributed by atoms with Crippen molar-refractivity contribution in [1.29, 1.82) is 0 Å². The molecule has 0 spiro atoms. The Hall–Kier alpha value is -1.56. The predicted molar refractivity (Wildman–Crippen MR) is 91.2 cm³/mol. The summed E-state index contributed by atoms with van der Waals surface area (Å²) in [7, 11) is 0. The summed E-state index contributed by atoms with van der Waals surface area (Å²) < 4.78 is 0. The average molecular weight is 277 g/mol. The van der Waals surface area contributed by atoms with E-state index < -0.39 is 0 Å². The lowest BCUT2D eigenvalue weighted by Crippen LogP contribution is -2.29. The van der Waals surface area contributed by atoms with Gasteiger partial charge in [-0.2, -0.15) is 0 Å². The molecule has 3 rings (SSSR count). The van der Waals surface area contributed by atoms with Crippen LogP contribution in [0.4, 0.5) is 0 Å². The zero-order valence-electron chi connectivity index (χ0n) is 13.5. The van der Waals surface area contributed by atoms with Crippen LogP contribution >= 0.6 is 0 Å². The van der Waals surface area contributed by atoms with E-state index >= 15 is 0 Å². The SMILES string of the molecule is CCCCCCC1(C)C=C(C)C=C2[C]=c3ccccc3=C21.